The fourth-order valence-corrected chi connectivity index (χ4v) is 4.12. The zero-order chi connectivity index (χ0) is 21.8. The summed E-state index contributed by atoms with van der Waals surface area (Å²) < 4.78 is 5.46. The van der Waals surface area contributed by atoms with E-state index in [4.69, 9.17) is 27.9 Å². The Bertz CT molecular complexity index is 1200. The highest BCUT2D eigenvalue weighted by Gasteiger charge is 2.14. The first kappa shape index (κ1) is 21.4. The minimum atomic E-state index is 0.111. The number of halogens is 2. The molecule has 4 nitrogen and oxygen atoms in total. The van der Waals surface area contributed by atoms with Crippen molar-refractivity contribution in [2.45, 2.75) is 26.2 Å². The largest absolute Gasteiger partial charge is 0.494 e. The topological polar surface area (TPSA) is 55.0 Å². The Morgan fingerprint density at radius 3 is 2.48 bits per heavy atom. The van der Waals surface area contributed by atoms with E-state index in [9.17, 15) is 4.79 Å². The number of carbonyl (C=O) groups is 1. The van der Waals surface area contributed by atoms with Crippen LogP contribution in [0.1, 0.15) is 35.7 Å². The molecule has 6 heteroatoms. The van der Waals surface area contributed by atoms with Crippen molar-refractivity contribution in [3.8, 4) is 17.1 Å². The quantitative estimate of drug-likeness (QED) is 0.289. The molecule has 1 aromatic heterocycles. The summed E-state index contributed by atoms with van der Waals surface area (Å²) >= 11 is 12.6. The number of rotatable bonds is 8. The van der Waals surface area contributed by atoms with Crippen LogP contribution in [-0.4, -0.2) is 22.4 Å². The van der Waals surface area contributed by atoms with Crippen LogP contribution in [0, 0.1) is 0 Å². The average Bonchev–Trinajstić information content (AvgIpc) is 3.17. The molecule has 0 bridgehead atoms. The van der Waals surface area contributed by atoms with Crippen molar-refractivity contribution in [1.29, 1.82) is 0 Å². The standard InChI is InChI=1S/C25H22Cl2N2O2/c1-2-31-18-12-9-16(10-13-18)5-3-8-23(30)17-11-14-21-22(15-17)29-25(28-21)24-19(26)6-4-7-20(24)27/h4,6-7,9-15H,2-3,5,8H2,1H3,(H,28,29). The number of fused-ring (bicyclic) bond motifs is 1. The summed E-state index contributed by atoms with van der Waals surface area (Å²) in [6.45, 7) is 2.62. The highest BCUT2D eigenvalue weighted by atomic mass is 35.5. The highest BCUT2D eigenvalue weighted by molar-refractivity contribution is 6.39. The van der Waals surface area contributed by atoms with Gasteiger partial charge in [0.2, 0.25) is 0 Å². The van der Waals surface area contributed by atoms with Crippen LogP contribution in [0.2, 0.25) is 10.0 Å². The third-order valence-corrected chi connectivity index (χ3v) is 5.74. The SMILES string of the molecule is CCOc1ccc(CCCC(=O)c2ccc3nc(-c4c(Cl)cccc4Cl)[nH]c3c2)cc1. The maximum Gasteiger partial charge on any atom is 0.162 e. The second-order valence-corrected chi connectivity index (χ2v) is 8.08. The van der Waals surface area contributed by atoms with Crippen molar-refractivity contribution in [2.24, 2.45) is 0 Å². The number of hydrogen-bond donors (Lipinski definition) is 1. The van der Waals surface area contributed by atoms with E-state index in [0.717, 1.165) is 29.6 Å². The van der Waals surface area contributed by atoms with Gasteiger partial charge in [0, 0.05) is 12.0 Å². The number of aromatic nitrogens is 2. The average molecular weight is 453 g/mol. The number of Topliss-reactive ketones (excluding diaryl/α,β-unsaturated/α-hetero) is 1. The minimum absolute atomic E-state index is 0.111. The molecule has 0 fully saturated rings. The van der Waals surface area contributed by atoms with Gasteiger partial charge in [0.1, 0.15) is 11.6 Å². The lowest BCUT2D eigenvalue weighted by Crippen LogP contribution is -2.00. The molecule has 3 aromatic carbocycles. The van der Waals surface area contributed by atoms with Crippen molar-refractivity contribution in [3.05, 3.63) is 81.8 Å². The van der Waals surface area contributed by atoms with Gasteiger partial charge < -0.3 is 9.72 Å². The number of ether oxygens (including phenoxy) is 1. The number of hydrogen-bond acceptors (Lipinski definition) is 3. The monoisotopic (exact) mass is 452 g/mol. The van der Waals surface area contributed by atoms with Crippen LogP contribution in [0.3, 0.4) is 0 Å². The zero-order valence-electron chi connectivity index (χ0n) is 17.1. The Morgan fingerprint density at radius 1 is 1.03 bits per heavy atom. The third-order valence-electron chi connectivity index (χ3n) is 5.11. The molecule has 4 aromatic rings. The van der Waals surface area contributed by atoms with E-state index in [1.165, 1.54) is 5.56 Å². The van der Waals surface area contributed by atoms with Gasteiger partial charge in [0.15, 0.2) is 5.78 Å². The molecule has 0 spiro atoms. The first-order valence-electron chi connectivity index (χ1n) is 10.2. The zero-order valence-corrected chi connectivity index (χ0v) is 18.6. The molecule has 0 aliphatic rings. The molecule has 0 aliphatic carbocycles. The lowest BCUT2D eigenvalue weighted by molar-refractivity contribution is 0.0980. The van der Waals surface area contributed by atoms with Gasteiger partial charge in [0.05, 0.1) is 33.2 Å². The van der Waals surface area contributed by atoms with Crippen molar-refractivity contribution < 1.29 is 9.53 Å². The molecule has 4 rings (SSSR count). The number of imidazole rings is 1. The number of H-pyrrole nitrogens is 1. The number of ketones is 1. The second-order valence-electron chi connectivity index (χ2n) is 7.27. The lowest BCUT2D eigenvalue weighted by Gasteiger charge is -2.05. The van der Waals surface area contributed by atoms with Crippen LogP contribution < -0.4 is 4.74 Å². The van der Waals surface area contributed by atoms with Gasteiger partial charge in [-0.05, 0) is 67.8 Å². The van der Waals surface area contributed by atoms with E-state index in [0.29, 0.717) is 40.0 Å². The summed E-state index contributed by atoms with van der Waals surface area (Å²) in [5.74, 6) is 1.57. The Labute approximate surface area is 191 Å². The number of nitrogens with one attached hydrogen (secondary N) is 1. The smallest absolute Gasteiger partial charge is 0.162 e. The van der Waals surface area contributed by atoms with Gasteiger partial charge in [-0.2, -0.15) is 0 Å². The fourth-order valence-electron chi connectivity index (χ4n) is 3.54. The fraction of sp³-hybridized carbons (Fsp3) is 0.200. The molecule has 0 radical (unpaired) electrons. The Balaban J connectivity index is 1.44. The molecule has 158 valence electrons. The maximum atomic E-state index is 12.7. The normalized spacial score (nSPS) is 11.1. The Hall–Kier alpha value is -2.82. The first-order valence-corrected chi connectivity index (χ1v) is 11.0. The number of aromatic amines is 1. The molecule has 0 amide bonds. The van der Waals surface area contributed by atoms with Crippen LogP contribution >= 0.6 is 23.2 Å². The molecule has 1 N–H and O–H groups in total. The summed E-state index contributed by atoms with van der Waals surface area (Å²) in [7, 11) is 0. The molecule has 0 unspecified atom stereocenters. The minimum Gasteiger partial charge on any atom is -0.494 e. The summed E-state index contributed by atoms with van der Waals surface area (Å²) in [6, 6.07) is 18.9. The lowest BCUT2D eigenvalue weighted by atomic mass is 10.0. The number of benzene rings is 3. The first-order chi connectivity index (χ1) is 15.0. The van der Waals surface area contributed by atoms with Gasteiger partial charge in [-0.25, -0.2) is 4.98 Å². The van der Waals surface area contributed by atoms with E-state index in [2.05, 4.69) is 9.97 Å². The van der Waals surface area contributed by atoms with Crippen LogP contribution in [0.25, 0.3) is 22.4 Å². The van der Waals surface area contributed by atoms with Crippen molar-refractivity contribution >= 4 is 40.0 Å². The van der Waals surface area contributed by atoms with E-state index < -0.39 is 0 Å². The van der Waals surface area contributed by atoms with E-state index >= 15 is 0 Å². The Kier molecular flexibility index (Phi) is 6.59. The van der Waals surface area contributed by atoms with E-state index in [1.807, 2.05) is 49.4 Å². The summed E-state index contributed by atoms with van der Waals surface area (Å²) in [5, 5.41) is 1.05. The van der Waals surface area contributed by atoms with Crippen molar-refractivity contribution in [1.82, 2.24) is 9.97 Å². The molecular weight excluding hydrogens is 431 g/mol. The molecule has 0 aliphatic heterocycles. The van der Waals surface area contributed by atoms with Crippen molar-refractivity contribution in [2.75, 3.05) is 6.61 Å². The molecule has 1 heterocycles. The third kappa shape index (κ3) is 4.92. The molecule has 0 atom stereocenters. The van der Waals surface area contributed by atoms with Gasteiger partial charge in [-0.1, -0.05) is 41.4 Å². The van der Waals surface area contributed by atoms with E-state index in [-0.39, 0.29) is 5.78 Å². The molecule has 0 saturated carbocycles. The second kappa shape index (κ2) is 9.54. The van der Waals surface area contributed by atoms with Gasteiger partial charge >= 0.3 is 0 Å². The molecular formula is C25H22Cl2N2O2. The molecule has 0 saturated heterocycles. The highest BCUT2D eigenvalue weighted by Crippen LogP contribution is 2.34. The number of aryl methyl sites for hydroxylation is 1. The Morgan fingerprint density at radius 2 is 1.77 bits per heavy atom. The van der Waals surface area contributed by atoms with Gasteiger partial charge in [-0.3, -0.25) is 4.79 Å². The summed E-state index contributed by atoms with van der Waals surface area (Å²) in [4.78, 5) is 20.5. The number of nitrogens with zero attached hydrogens (tertiary/aromatic N) is 1. The van der Waals surface area contributed by atoms with Gasteiger partial charge in [-0.15, -0.1) is 0 Å². The maximum absolute atomic E-state index is 12.7. The van der Waals surface area contributed by atoms with E-state index in [1.54, 1.807) is 18.2 Å². The van der Waals surface area contributed by atoms with Gasteiger partial charge in [0.25, 0.3) is 0 Å². The van der Waals surface area contributed by atoms with Crippen molar-refractivity contribution in [3.63, 3.8) is 0 Å². The summed E-state index contributed by atoms with van der Waals surface area (Å²) in [5.41, 5.74) is 4.06. The van der Waals surface area contributed by atoms with Crippen LogP contribution in [0.5, 0.6) is 5.75 Å². The predicted octanol–water partition coefficient (Wildman–Crippen LogP) is 7.14. The van der Waals surface area contributed by atoms with Crippen LogP contribution in [0.15, 0.2) is 60.7 Å². The number of carbonyl (C=O) groups excluding carboxylic acids is 1. The summed E-state index contributed by atoms with van der Waals surface area (Å²) in [6.07, 6.45) is 2.12. The molecule has 31 heavy (non-hydrogen) atoms. The predicted molar refractivity (Wildman–Crippen MR) is 126 cm³/mol. The van der Waals surface area contributed by atoms with Crippen LogP contribution in [-0.2, 0) is 6.42 Å². The van der Waals surface area contributed by atoms with Crippen LogP contribution in [0.4, 0.5) is 0 Å².